The number of nitrogens with one attached hydrogen (secondary N) is 1. The minimum absolute atomic E-state index is 0.124. The molecule has 2 aromatic rings. The fraction of sp³-hybridized carbons (Fsp3) is 0.421. The Labute approximate surface area is 164 Å². The number of likely N-dealkylation sites (tertiary alicyclic amines) is 1. The van der Waals surface area contributed by atoms with Gasteiger partial charge in [-0.3, -0.25) is 9.79 Å². The largest absolute Gasteiger partial charge is 0.469 e. The summed E-state index contributed by atoms with van der Waals surface area (Å²) in [6.07, 6.45) is 3.78. The maximum Gasteiger partial charge on any atom is 0.310 e. The molecule has 0 radical (unpaired) electrons. The third kappa shape index (κ3) is 4.42. The predicted molar refractivity (Wildman–Crippen MR) is 105 cm³/mol. The van der Waals surface area contributed by atoms with Crippen LogP contribution in [0.1, 0.15) is 12.5 Å². The summed E-state index contributed by atoms with van der Waals surface area (Å²) in [5, 5.41) is 8.44. The molecule has 0 bridgehead atoms. The number of ether oxygens (including phenoxy) is 1. The van der Waals surface area contributed by atoms with Crippen LogP contribution in [0.3, 0.4) is 0 Å². The monoisotopic (exact) mass is 389 g/mol. The highest BCUT2D eigenvalue weighted by Gasteiger charge is 2.36. The van der Waals surface area contributed by atoms with Crippen LogP contribution in [-0.2, 0) is 16.1 Å². The molecule has 0 saturated carbocycles. The normalized spacial score (nSPS) is 20.0. The van der Waals surface area contributed by atoms with E-state index in [1.54, 1.807) is 11.7 Å². The van der Waals surface area contributed by atoms with Gasteiger partial charge in [0.1, 0.15) is 0 Å². The van der Waals surface area contributed by atoms with E-state index >= 15 is 0 Å². The number of guanidine groups is 1. The van der Waals surface area contributed by atoms with Crippen LogP contribution in [0.25, 0.3) is 5.69 Å². The number of carbonyl (C=O) groups is 1. The average molecular weight is 390 g/mol. The first-order valence-corrected chi connectivity index (χ1v) is 9.22. The van der Waals surface area contributed by atoms with Crippen molar-refractivity contribution in [1.82, 2.24) is 20.0 Å². The van der Waals surface area contributed by atoms with Crippen LogP contribution in [0.5, 0.6) is 0 Å². The van der Waals surface area contributed by atoms with E-state index in [9.17, 15) is 4.79 Å². The summed E-state index contributed by atoms with van der Waals surface area (Å²) in [6.45, 7) is 4.03. The molecule has 1 aliphatic heterocycles. The Morgan fingerprint density at radius 3 is 2.78 bits per heavy atom. The number of nitrogens with zero attached hydrogens (tertiary/aromatic N) is 4. The van der Waals surface area contributed by atoms with Gasteiger partial charge in [-0.1, -0.05) is 18.5 Å². The number of esters is 1. The Kier molecular flexibility index (Phi) is 6.01. The molecule has 2 atom stereocenters. The number of aliphatic imine (C=N–C) groups is 1. The highest BCUT2D eigenvalue weighted by molar-refractivity contribution is 6.30. The Morgan fingerprint density at radius 1 is 1.37 bits per heavy atom. The quantitative estimate of drug-likeness (QED) is 0.493. The molecule has 8 heteroatoms. The van der Waals surface area contributed by atoms with Crippen molar-refractivity contribution in [2.45, 2.75) is 13.5 Å². The van der Waals surface area contributed by atoms with E-state index < -0.39 is 0 Å². The topological polar surface area (TPSA) is 71.8 Å². The van der Waals surface area contributed by atoms with Crippen molar-refractivity contribution in [2.75, 3.05) is 27.2 Å². The minimum Gasteiger partial charge on any atom is -0.469 e. The SMILES string of the molecule is CN=C(NCc1cnn(-c2ccc(Cl)cc2)c1)N1CC(C)C(C(=O)OC)C1. The molecule has 2 heterocycles. The number of rotatable bonds is 4. The lowest BCUT2D eigenvalue weighted by atomic mass is 9.99. The van der Waals surface area contributed by atoms with Gasteiger partial charge in [0.05, 0.1) is 24.9 Å². The van der Waals surface area contributed by atoms with Crippen molar-refractivity contribution >= 4 is 23.5 Å². The molecule has 1 saturated heterocycles. The number of aromatic nitrogens is 2. The molecule has 0 spiro atoms. The fourth-order valence-electron chi connectivity index (χ4n) is 3.30. The second kappa shape index (κ2) is 8.43. The van der Waals surface area contributed by atoms with Gasteiger partial charge in [0, 0.05) is 43.5 Å². The second-order valence-electron chi connectivity index (χ2n) is 6.68. The van der Waals surface area contributed by atoms with Gasteiger partial charge in [-0.2, -0.15) is 5.10 Å². The summed E-state index contributed by atoms with van der Waals surface area (Å²) in [5.74, 6) is 0.710. The van der Waals surface area contributed by atoms with E-state index in [0.29, 0.717) is 18.1 Å². The predicted octanol–water partition coefficient (Wildman–Crippen LogP) is 2.34. The Hall–Kier alpha value is -2.54. The number of hydrogen-bond acceptors (Lipinski definition) is 4. The van der Waals surface area contributed by atoms with Crippen LogP contribution in [0.2, 0.25) is 5.02 Å². The molecule has 1 N–H and O–H groups in total. The lowest BCUT2D eigenvalue weighted by Gasteiger charge is -2.21. The Bertz CT molecular complexity index is 818. The summed E-state index contributed by atoms with van der Waals surface area (Å²) < 4.78 is 6.71. The highest BCUT2D eigenvalue weighted by atomic mass is 35.5. The number of halogens is 1. The smallest absolute Gasteiger partial charge is 0.310 e. The number of carbonyl (C=O) groups excluding carboxylic acids is 1. The highest BCUT2D eigenvalue weighted by Crippen LogP contribution is 2.24. The van der Waals surface area contributed by atoms with Gasteiger partial charge in [-0.05, 0) is 30.2 Å². The summed E-state index contributed by atoms with van der Waals surface area (Å²) in [5.41, 5.74) is 1.98. The van der Waals surface area contributed by atoms with Gasteiger partial charge in [0.25, 0.3) is 0 Å². The third-order valence-electron chi connectivity index (χ3n) is 4.81. The van der Waals surface area contributed by atoms with Gasteiger partial charge in [0.2, 0.25) is 0 Å². The van der Waals surface area contributed by atoms with Crippen molar-refractivity contribution in [1.29, 1.82) is 0 Å². The van der Waals surface area contributed by atoms with Gasteiger partial charge < -0.3 is 15.0 Å². The zero-order chi connectivity index (χ0) is 19.4. The van der Waals surface area contributed by atoms with Gasteiger partial charge in [-0.15, -0.1) is 0 Å². The van der Waals surface area contributed by atoms with Gasteiger partial charge >= 0.3 is 5.97 Å². The molecule has 2 unspecified atom stereocenters. The van der Waals surface area contributed by atoms with Crippen LogP contribution in [-0.4, -0.2) is 53.9 Å². The zero-order valence-electron chi connectivity index (χ0n) is 15.7. The molecule has 7 nitrogen and oxygen atoms in total. The minimum atomic E-state index is -0.162. The van der Waals surface area contributed by atoms with Gasteiger partial charge in [-0.25, -0.2) is 4.68 Å². The summed E-state index contributed by atoms with van der Waals surface area (Å²) in [4.78, 5) is 18.3. The average Bonchev–Trinajstić information content (AvgIpc) is 3.29. The summed E-state index contributed by atoms with van der Waals surface area (Å²) >= 11 is 5.93. The maximum absolute atomic E-state index is 11.9. The van der Waals surface area contributed by atoms with Crippen LogP contribution in [0, 0.1) is 11.8 Å². The first kappa shape index (κ1) is 19.2. The first-order chi connectivity index (χ1) is 13.0. The number of methoxy groups -OCH3 is 1. The molecule has 1 aromatic heterocycles. The Balaban J connectivity index is 1.61. The van der Waals surface area contributed by atoms with E-state index in [-0.39, 0.29) is 17.8 Å². The van der Waals surface area contributed by atoms with Crippen LogP contribution < -0.4 is 5.32 Å². The van der Waals surface area contributed by atoms with E-state index in [1.807, 2.05) is 36.7 Å². The fourth-order valence-corrected chi connectivity index (χ4v) is 3.42. The molecule has 1 aliphatic rings. The van der Waals surface area contributed by atoms with Gasteiger partial charge in [0.15, 0.2) is 5.96 Å². The lowest BCUT2D eigenvalue weighted by Crippen LogP contribution is -2.40. The van der Waals surface area contributed by atoms with E-state index in [4.69, 9.17) is 16.3 Å². The summed E-state index contributed by atoms with van der Waals surface area (Å²) in [6, 6.07) is 7.52. The zero-order valence-corrected chi connectivity index (χ0v) is 16.5. The standard InChI is InChI=1S/C19H24ClN5O2/c1-13-10-24(12-17(13)18(26)27-3)19(21-2)22-8-14-9-23-25(11-14)16-6-4-15(20)5-7-16/h4-7,9,11,13,17H,8,10,12H2,1-3H3,(H,21,22). The molecular weight excluding hydrogens is 366 g/mol. The molecule has 0 amide bonds. The number of benzene rings is 1. The van der Waals surface area contributed by atoms with Crippen LogP contribution >= 0.6 is 11.6 Å². The van der Waals surface area contributed by atoms with Crippen molar-refractivity contribution in [2.24, 2.45) is 16.8 Å². The van der Waals surface area contributed by atoms with E-state index in [0.717, 1.165) is 23.8 Å². The van der Waals surface area contributed by atoms with Crippen LogP contribution in [0.4, 0.5) is 0 Å². The first-order valence-electron chi connectivity index (χ1n) is 8.84. The number of hydrogen-bond donors (Lipinski definition) is 1. The maximum atomic E-state index is 11.9. The third-order valence-corrected chi connectivity index (χ3v) is 5.06. The van der Waals surface area contributed by atoms with Crippen molar-refractivity contribution in [3.8, 4) is 5.69 Å². The van der Waals surface area contributed by atoms with Crippen LogP contribution in [0.15, 0.2) is 41.7 Å². The molecule has 144 valence electrons. The summed E-state index contributed by atoms with van der Waals surface area (Å²) in [7, 11) is 3.18. The Morgan fingerprint density at radius 2 is 2.11 bits per heavy atom. The lowest BCUT2D eigenvalue weighted by molar-refractivity contribution is -0.145. The molecule has 1 fully saturated rings. The van der Waals surface area contributed by atoms with Crippen molar-refractivity contribution in [3.63, 3.8) is 0 Å². The molecule has 3 rings (SSSR count). The molecular formula is C19H24ClN5O2. The second-order valence-corrected chi connectivity index (χ2v) is 7.12. The van der Waals surface area contributed by atoms with E-state index in [1.165, 1.54) is 7.11 Å². The molecule has 1 aromatic carbocycles. The molecule has 0 aliphatic carbocycles. The molecule has 27 heavy (non-hydrogen) atoms. The van der Waals surface area contributed by atoms with Crippen molar-refractivity contribution < 1.29 is 9.53 Å². The van der Waals surface area contributed by atoms with E-state index in [2.05, 4.69) is 27.2 Å². The van der Waals surface area contributed by atoms with Crippen molar-refractivity contribution in [3.05, 3.63) is 47.2 Å².